The Bertz CT molecular complexity index is 1070. The van der Waals surface area contributed by atoms with Crippen molar-refractivity contribution in [3.05, 3.63) is 65.4 Å². The molecule has 1 aromatic carbocycles. The summed E-state index contributed by atoms with van der Waals surface area (Å²) in [6.45, 7) is 2.66. The summed E-state index contributed by atoms with van der Waals surface area (Å²) >= 11 is 0. The molecule has 0 saturated heterocycles. The summed E-state index contributed by atoms with van der Waals surface area (Å²) in [7, 11) is -2.70. The highest BCUT2D eigenvalue weighted by Crippen LogP contribution is 2.34. The number of aliphatic hydroxyl groups is 1. The zero-order chi connectivity index (χ0) is 18.9. The molecule has 0 radical (unpaired) electrons. The maximum absolute atomic E-state index is 12.7. The number of hydrogen-bond acceptors (Lipinski definition) is 4. The first-order valence-electron chi connectivity index (χ1n) is 8.14. The van der Waals surface area contributed by atoms with E-state index in [4.69, 9.17) is 0 Å². The summed E-state index contributed by atoms with van der Waals surface area (Å²) in [5.41, 5.74) is 0.124. The minimum absolute atomic E-state index is 0.0442. The Kier molecular flexibility index (Phi) is 4.69. The number of pyridine rings is 1. The van der Waals surface area contributed by atoms with E-state index in [1.165, 1.54) is 19.2 Å². The number of carbonyl (C=O) groups is 1. The van der Waals surface area contributed by atoms with Crippen LogP contribution in [0, 0.1) is 0 Å². The Hall–Kier alpha value is -2.87. The van der Waals surface area contributed by atoms with Crippen LogP contribution in [0.4, 0.5) is 0 Å². The van der Waals surface area contributed by atoms with Gasteiger partial charge in [-0.3, -0.25) is 9.10 Å². The molecule has 0 atom stereocenters. The minimum Gasteiger partial charge on any atom is -0.505 e. The van der Waals surface area contributed by atoms with Gasteiger partial charge >= 0.3 is 0 Å². The fourth-order valence-electron chi connectivity index (χ4n) is 2.82. The van der Waals surface area contributed by atoms with Crippen LogP contribution in [0.25, 0.3) is 5.76 Å². The number of aromatic nitrogens is 1. The fraction of sp³-hybridized carbons (Fsp3) is 0.222. The molecule has 0 bridgehead atoms. The molecule has 0 saturated carbocycles. The maximum Gasteiger partial charge on any atom is 0.300 e. The van der Waals surface area contributed by atoms with Gasteiger partial charge in [0.15, 0.2) is 11.5 Å². The van der Waals surface area contributed by atoms with Gasteiger partial charge in [0.2, 0.25) is 0 Å². The Labute approximate surface area is 151 Å². The normalized spacial score (nSPS) is 16.5. The molecule has 1 aliphatic rings. The van der Waals surface area contributed by atoms with Crippen LogP contribution in [0.5, 0.6) is 0 Å². The number of likely N-dealkylation sites (N-methyl/N-ethyl adjacent to an activating group) is 1. The predicted molar refractivity (Wildman–Crippen MR) is 96.2 cm³/mol. The van der Waals surface area contributed by atoms with Crippen LogP contribution in [0.3, 0.4) is 0 Å². The average Bonchev–Trinajstić information content (AvgIpc) is 2.62. The summed E-state index contributed by atoms with van der Waals surface area (Å²) in [4.78, 5) is 16.7. The van der Waals surface area contributed by atoms with E-state index in [0.717, 1.165) is 10.7 Å². The van der Waals surface area contributed by atoms with Gasteiger partial charge in [0.25, 0.3) is 15.9 Å². The highest BCUT2D eigenvalue weighted by molar-refractivity contribution is 7.89. The lowest BCUT2D eigenvalue weighted by Gasteiger charge is -2.27. The molecule has 2 aromatic rings. The van der Waals surface area contributed by atoms with Gasteiger partial charge in [-0.15, -0.1) is 0 Å². The quantitative estimate of drug-likeness (QED) is 0.889. The van der Waals surface area contributed by atoms with Crippen LogP contribution in [-0.4, -0.2) is 35.4 Å². The molecule has 0 aliphatic carbocycles. The Balaban J connectivity index is 2.18. The molecule has 3 rings (SSSR count). The molecule has 7 nitrogen and oxygen atoms in total. The van der Waals surface area contributed by atoms with Crippen molar-refractivity contribution in [3.8, 4) is 0 Å². The van der Waals surface area contributed by atoms with Crippen molar-refractivity contribution in [2.45, 2.75) is 24.8 Å². The second-order valence-electron chi connectivity index (χ2n) is 5.84. The van der Waals surface area contributed by atoms with Crippen molar-refractivity contribution >= 4 is 21.7 Å². The van der Waals surface area contributed by atoms with Crippen LogP contribution >= 0.6 is 0 Å². The number of carbonyl (C=O) groups excluding carboxylic acids is 1. The van der Waals surface area contributed by atoms with Crippen molar-refractivity contribution in [1.82, 2.24) is 8.87 Å². The van der Waals surface area contributed by atoms with Crippen LogP contribution < -0.4 is 5.49 Å². The number of benzene rings is 1. The third kappa shape index (κ3) is 2.92. The first kappa shape index (κ1) is 17.9. The van der Waals surface area contributed by atoms with E-state index in [-0.39, 0.29) is 16.2 Å². The first-order valence-corrected chi connectivity index (χ1v) is 9.58. The molecular formula is C18H19N3O4S. The number of sulfonamides is 1. The maximum atomic E-state index is 12.7. The molecular weight excluding hydrogens is 354 g/mol. The third-order valence-electron chi connectivity index (χ3n) is 4.12. The van der Waals surface area contributed by atoms with E-state index in [1.807, 2.05) is 13.0 Å². The molecule has 136 valence electrons. The van der Waals surface area contributed by atoms with Crippen LogP contribution in [0.2, 0.25) is 0 Å². The number of amides is 1. The van der Waals surface area contributed by atoms with E-state index in [2.05, 4.69) is 4.99 Å². The highest BCUT2D eigenvalue weighted by Gasteiger charge is 2.37. The number of rotatable bonds is 3. The number of aliphatic hydroxyl groups excluding tert-OH is 1. The van der Waals surface area contributed by atoms with Crippen LogP contribution in [0.15, 0.2) is 64.2 Å². The molecule has 0 spiro atoms. The molecule has 1 amide bonds. The fourth-order valence-corrected chi connectivity index (χ4v) is 4.22. The van der Waals surface area contributed by atoms with Gasteiger partial charge in [-0.05, 0) is 30.7 Å². The lowest BCUT2D eigenvalue weighted by atomic mass is 10.1. The van der Waals surface area contributed by atoms with Gasteiger partial charge in [-0.25, -0.2) is 8.42 Å². The second-order valence-corrected chi connectivity index (χ2v) is 7.77. The monoisotopic (exact) mass is 373 g/mol. The number of hydrogen-bond donors (Lipinski definition) is 1. The SMILES string of the molecule is CCCn1ccccc1=NC(=O)C1=C(O)c2ccccc2S(=O)(=O)N1C. The van der Waals surface area contributed by atoms with E-state index in [9.17, 15) is 18.3 Å². The molecule has 0 fully saturated rings. The zero-order valence-corrected chi connectivity index (χ0v) is 15.3. The van der Waals surface area contributed by atoms with Crippen LogP contribution in [0.1, 0.15) is 18.9 Å². The van der Waals surface area contributed by atoms with E-state index < -0.39 is 21.7 Å². The number of fused-ring (bicyclic) bond motifs is 1. The summed E-state index contributed by atoms with van der Waals surface area (Å²) in [6.07, 6.45) is 2.64. The first-order chi connectivity index (χ1) is 12.4. The molecule has 1 aromatic heterocycles. The molecule has 8 heteroatoms. The van der Waals surface area contributed by atoms with Gasteiger partial charge in [0.1, 0.15) is 5.49 Å². The topological polar surface area (TPSA) is 92.0 Å². The predicted octanol–water partition coefficient (Wildman–Crippen LogP) is 1.89. The van der Waals surface area contributed by atoms with Crippen molar-refractivity contribution < 1.29 is 18.3 Å². The summed E-state index contributed by atoms with van der Waals surface area (Å²) in [5, 5.41) is 10.5. The number of aryl methyl sites for hydroxylation is 1. The van der Waals surface area contributed by atoms with Crippen molar-refractivity contribution in [2.24, 2.45) is 4.99 Å². The van der Waals surface area contributed by atoms with Gasteiger partial charge in [0.05, 0.1) is 4.90 Å². The van der Waals surface area contributed by atoms with E-state index >= 15 is 0 Å². The molecule has 26 heavy (non-hydrogen) atoms. The van der Waals surface area contributed by atoms with Gasteiger partial charge in [-0.2, -0.15) is 4.99 Å². The summed E-state index contributed by atoms with van der Waals surface area (Å²) in [6, 6.07) is 11.2. The van der Waals surface area contributed by atoms with Crippen molar-refractivity contribution in [1.29, 1.82) is 0 Å². The second kappa shape index (κ2) is 6.80. The molecule has 2 heterocycles. The van der Waals surface area contributed by atoms with Crippen LogP contribution in [-0.2, 0) is 21.4 Å². The van der Waals surface area contributed by atoms with Gasteiger partial charge < -0.3 is 9.67 Å². The Morgan fingerprint density at radius 3 is 2.58 bits per heavy atom. The van der Waals surface area contributed by atoms with Gasteiger partial charge in [0, 0.05) is 25.4 Å². The van der Waals surface area contributed by atoms with E-state index in [1.54, 1.807) is 35.0 Å². The minimum atomic E-state index is -3.93. The summed E-state index contributed by atoms with van der Waals surface area (Å²) in [5.74, 6) is -1.22. The van der Waals surface area contributed by atoms with Crippen molar-refractivity contribution in [3.63, 3.8) is 0 Å². The molecule has 1 N–H and O–H groups in total. The Morgan fingerprint density at radius 1 is 1.15 bits per heavy atom. The smallest absolute Gasteiger partial charge is 0.300 e. The number of nitrogens with zero attached hydrogens (tertiary/aromatic N) is 3. The molecule has 1 aliphatic heterocycles. The zero-order valence-electron chi connectivity index (χ0n) is 14.5. The Morgan fingerprint density at radius 2 is 1.85 bits per heavy atom. The van der Waals surface area contributed by atoms with Gasteiger partial charge in [-0.1, -0.05) is 25.1 Å². The highest BCUT2D eigenvalue weighted by atomic mass is 32.2. The van der Waals surface area contributed by atoms with Crippen molar-refractivity contribution in [2.75, 3.05) is 7.05 Å². The lowest BCUT2D eigenvalue weighted by molar-refractivity contribution is -0.115. The average molecular weight is 373 g/mol. The largest absolute Gasteiger partial charge is 0.505 e. The van der Waals surface area contributed by atoms with E-state index in [0.29, 0.717) is 12.0 Å². The standard InChI is InChI=1S/C18H19N3O4S/c1-3-11-21-12-7-6-10-15(21)19-18(23)16-17(22)13-8-4-5-9-14(13)26(24,25)20(16)2/h4-10,12,22H,3,11H2,1-2H3. The lowest BCUT2D eigenvalue weighted by Crippen LogP contribution is -2.35. The molecule has 0 unspecified atom stereocenters. The third-order valence-corrected chi connectivity index (χ3v) is 5.94. The summed E-state index contributed by atoms with van der Waals surface area (Å²) < 4.78 is 27.9.